The zero-order valence-electron chi connectivity index (χ0n) is 13.8. The summed E-state index contributed by atoms with van der Waals surface area (Å²) in [6.45, 7) is 7.35. The van der Waals surface area contributed by atoms with Crippen LogP contribution in [0.1, 0.15) is 52.9 Å². The number of hydrogen-bond donors (Lipinski definition) is 1. The van der Waals surface area contributed by atoms with Crippen molar-refractivity contribution in [1.82, 2.24) is 15.1 Å². The van der Waals surface area contributed by atoms with Gasteiger partial charge in [-0.25, -0.2) is 0 Å². The van der Waals surface area contributed by atoms with E-state index in [1.54, 1.807) is 0 Å². The van der Waals surface area contributed by atoms with Crippen LogP contribution in [0.5, 0.6) is 0 Å². The van der Waals surface area contributed by atoms with Gasteiger partial charge < -0.3 is 9.80 Å². The molecule has 1 saturated carbocycles. The maximum atomic E-state index is 12.7. The van der Waals surface area contributed by atoms with E-state index in [1.165, 1.54) is 19.3 Å². The maximum Gasteiger partial charge on any atom is 0.241 e. The van der Waals surface area contributed by atoms with Crippen molar-refractivity contribution in [1.29, 1.82) is 0 Å². The average molecular weight is 281 g/mol. The van der Waals surface area contributed by atoms with Gasteiger partial charge in [-0.3, -0.25) is 10.1 Å². The second-order valence-electron chi connectivity index (χ2n) is 7.13. The third kappa shape index (κ3) is 2.73. The number of nitrogens with one attached hydrogen (secondary N) is 1. The molecule has 2 fully saturated rings. The molecule has 0 aromatic rings. The number of rotatable bonds is 6. The third-order valence-electron chi connectivity index (χ3n) is 5.22. The third-order valence-corrected chi connectivity index (χ3v) is 5.22. The molecule has 0 aromatic heterocycles. The van der Waals surface area contributed by atoms with Crippen LogP contribution in [0.4, 0.5) is 0 Å². The lowest BCUT2D eigenvalue weighted by atomic mass is 9.75. The van der Waals surface area contributed by atoms with E-state index in [4.69, 9.17) is 0 Å². The number of likely N-dealkylation sites (N-methyl/N-ethyl adjacent to an activating group) is 1. The van der Waals surface area contributed by atoms with Crippen LogP contribution < -0.4 is 5.32 Å². The summed E-state index contributed by atoms with van der Waals surface area (Å²) in [4.78, 5) is 17.2. The fourth-order valence-corrected chi connectivity index (χ4v) is 3.53. The van der Waals surface area contributed by atoms with Gasteiger partial charge in [0, 0.05) is 12.1 Å². The van der Waals surface area contributed by atoms with E-state index in [-0.39, 0.29) is 17.7 Å². The lowest BCUT2D eigenvalue weighted by Crippen LogP contribution is -2.59. The predicted molar refractivity (Wildman–Crippen MR) is 82.4 cm³/mol. The summed E-state index contributed by atoms with van der Waals surface area (Å²) >= 11 is 0. The highest BCUT2D eigenvalue weighted by Crippen LogP contribution is 2.38. The maximum absolute atomic E-state index is 12.7. The van der Waals surface area contributed by atoms with E-state index < -0.39 is 0 Å². The molecule has 116 valence electrons. The quantitative estimate of drug-likeness (QED) is 0.809. The van der Waals surface area contributed by atoms with Crippen molar-refractivity contribution in [2.45, 2.75) is 70.6 Å². The van der Waals surface area contributed by atoms with Gasteiger partial charge in [0.05, 0.1) is 12.2 Å². The monoisotopic (exact) mass is 281 g/mol. The lowest BCUT2D eigenvalue weighted by Gasteiger charge is -2.50. The fraction of sp³-hybridized carbons (Fsp3) is 0.938. The number of carbonyl (C=O) groups is 1. The lowest BCUT2D eigenvalue weighted by molar-refractivity contribution is -0.133. The van der Waals surface area contributed by atoms with Gasteiger partial charge in [0.25, 0.3) is 0 Å². The first kappa shape index (κ1) is 15.8. The molecule has 1 aliphatic carbocycles. The van der Waals surface area contributed by atoms with Gasteiger partial charge in [0.2, 0.25) is 5.91 Å². The predicted octanol–water partition coefficient (Wildman–Crippen LogP) is 2.05. The second kappa shape index (κ2) is 6.02. The molecule has 1 saturated heterocycles. The van der Waals surface area contributed by atoms with E-state index in [0.717, 1.165) is 19.4 Å². The van der Waals surface area contributed by atoms with Crippen LogP contribution in [0.3, 0.4) is 0 Å². The molecule has 2 aliphatic rings. The van der Waals surface area contributed by atoms with Crippen molar-refractivity contribution in [3.05, 3.63) is 0 Å². The Bertz CT molecular complexity index is 350. The molecule has 1 N–H and O–H groups in total. The molecule has 2 atom stereocenters. The zero-order valence-corrected chi connectivity index (χ0v) is 13.8. The highest BCUT2D eigenvalue weighted by atomic mass is 16.2. The Hall–Kier alpha value is -0.610. The van der Waals surface area contributed by atoms with Gasteiger partial charge >= 0.3 is 0 Å². The molecule has 1 heterocycles. The van der Waals surface area contributed by atoms with Crippen LogP contribution in [0.15, 0.2) is 0 Å². The molecule has 2 unspecified atom stereocenters. The number of amides is 1. The molecule has 1 amide bonds. The summed E-state index contributed by atoms with van der Waals surface area (Å²) in [6.07, 6.45) is 6.13. The molecular weight excluding hydrogens is 250 g/mol. The van der Waals surface area contributed by atoms with Gasteiger partial charge in [-0.2, -0.15) is 0 Å². The topological polar surface area (TPSA) is 35.6 Å². The highest BCUT2D eigenvalue weighted by Gasteiger charge is 2.47. The molecule has 0 bridgehead atoms. The molecule has 2 rings (SSSR count). The van der Waals surface area contributed by atoms with E-state index in [1.807, 2.05) is 0 Å². The Labute approximate surface area is 123 Å². The Morgan fingerprint density at radius 1 is 1.40 bits per heavy atom. The smallest absolute Gasteiger partial charge is 0.241 e. The normalized spacial score (nSPS) is 29.4. The van der Waals surface area contributed by atoms with Crippen LogP contribution in [0.2, 0.25) is 0 Å². The first-order valence-electron chi connectivity index (χ1n) is 8.15. The number of hydrogen-bond acceptors (Lipinski definition) is 3. The van der Waals surface area contributed by atoms with Crippen molar-refractivity contribution in [3.8, 4) is 0 Å². The van der Waals surface area contributed by atoms with Crippen LogP contribution in [-0.4, -0.2) is 54.1 Å². The molecule has 0 aromatic carbocycles. The van der Waals surface area contributed by atoms with Crippen LogP contribution in [-0.2, 0) is 4.79 Å². The van der Waals surface area contributed by atoms with E-state index in [9.17, 15) is 4.79 Å². The van der Waals surface area contributed by atoms with Gasteiger partial charge in [-0.1, -0.05) is 27.2 Å². The average Bonchev–Trinajstić information content (AvgIpc) is 2.61. The van der Waals surface area contributed by atoms with Crippen LogP contribution in [0, 0.1) is 5.92 Å². The second-order valence-corrected chi connectivity index (χ2v) is 7.13. The molecule has 1 aliphatic heterocycles. The van der Waals surface area contributed by atoms with Gasteiger partial charge in [0.1, 0.15) is 0 Å². The summed E-state index contributed by atoms with van der Waals surface area (Å²) in [7, 11) is 4.31. The first-order chi connectivity index (χ1) is 9.41. The summed E-state index contributed by atoms with van der Waals surface area (Å²) < 4.78 is 0. The van der Waals surface area contributed by atoms with Gasteiger partial charge in [0.15, 0.2) is 0 Å². The highest BCUT2D eigenvalue weighted by molar-refractivity contribution is 5.84. The van der Waals surface area contributed by atoms with Crippen molar-refractivity contribution in [2.75, 3.05) is 20.6 Å². The summed E-state index contributed by atoms with van der Waals surface area (Å²) in [6, 6.07) is 0.00541. The Kier molecular flexibility index (Phi) is 4.75. The molecule has 0 radical (unpaired) electrons. The van der Waals surface area contributed by atoms with E-state index in [2.05, 4.69) is 50.0 Å². The molecular formula is C16H31N3O. The van der Waals surface area contributed by atoms with Crippen molar-refractivity contribution < 1.29 is 4.79 Å². The first-order valence-corrected chi connectivity index (χ1v) is 8.15. The summed E-state index contributed by atoms with van der Waals surface area (Å²) in [5.41, 5.74) is 0.217. The summed E-state index contributed by atoms with van der Waals surface area (Å²) in [5, 5.41) is 3.56. The van der Waals surface area contributed by atoms with Crippen molar-refractivity contribution >= 4 is 5.91 Å². The standard InChI is InChI=1S/C16H31N3O/c1-6-8-13-17-14(12(2)3)15(20)19(13)11-16(18(4)5)9-7-10-16/h12-14,17H,6-11H2,1-5H3. The van der Waals surface area contributed by atoms with E-state index >= 15 is 0 Å². The SMILES string of the molecule is CCCC1NC(C(C)C)C(=O)N1CC1(N(C)C)CCC1. The van der Waals surface area contributed by atoms with Gasteiger partial charge in [-0.05, 0) is 45.7 Å². The van der Waals surface area contributed by atoms with Crippen LogP contribution in [0.25, 0.3) is 0 Å². The van der Waals surface area contributed by atoms with Gasteiger partial charge in [-0.15, -0.1) is 0 Å². The molecule has 20 heavy (non-hydrogen) atoms. The van der Waals surface area contributed by atoms with Crippen LogP contribution >= 0.6 is 0 Å². The summed E-state index contributed by atoms with van der Waals surface area (Å²) in [5.74, 6) is 0.676. The molecule has 0 spiro atoms. The Balaban J connectivity index is 2.12. The Morgan fingerprint density at radius 2 is 2.05 bits per heavy atom. The molecule has 4 nitrogen and oxygen atoms in total. The number of nitrogens with zero attached hydrogens (tertiary/aromatic N) is 2. The van der Waals surface area contributed by atoms with Crippen molar-refractivity contribution in [2.24, 2.45) is 5.92 Å². The Morgan fingerprint density at radius 3 is 2.45 bits per heavy atom. The minimum Gasteiger partial charge on any atom is -0.324 e. The number of carbonyl (C=O) groups excluding carboxylic acids is 1. The van der Waals surface area contributed by atoms with Crippen molar-refractivity contribution in [3.63, 3.8) is 0 Å². The zero-order chi connectivity index (χ0) is 14.9. The largest absolute Gasteiger partial charge is 0.324 e. The molecule has 4 heteroatoms. The minimum atomic E-state index is 0.00541. The minimum absolute atomic E-state index is 0.00541. The fourth-order valence-electron chi connectivity index (χ4n) is 3.53. The van der Waals surface area contributed by atoms with E-state index in [0.29, 0.717) is 11.8 Å².